The van der Waals surface area contributed by atoms with Crippen LogP contribution in [0.4, 0.5) is 18.9 Å². The van der Waals surface area contributed by atoms with Gasteiger partial charge in [-0.2, -0.15) is 18.3 Å². The van der Waals surface area contributed by atoms with Crippen LogP contribution in [0, 0.1) is 6.92 Å². The first kappa shape index (κ1) is 16.9. The van der Waals surface area contributed by atoms with Crippen LogP contribution in [-0.4, -0.2) is 20.5 Å². The fourth-order valence-corrected chi connectivity index (χ4v) is 2.43. The summed E-state index contributed by atoms with van der Waals surface area (Å²) in [6.07, 6.45) is -3.73. The van der Waals surface area contributed by atoms with Gasteiger partial charge < -0.3 is 5.32 Å². The summed E-state index contributed by atoms with van der Waals surface area (Å²) in [6.45, 7) is 3.47. The summed E-state index contributed by atoms with van der Waals surface area (Å²) in [4.78, 5) is 16.3. The van der Waals surface area contributed by atoms with Crippen LogP contribution in [-0.2, 0) is 12.6 Å². The average Bonchev–Trinajstić information content (AvgIpc) is 2.97. The maximum absolute atomic E-state index is 13.1. The van der Waals surface area contributed by atoms with Crippen molar-refractivity contribution < 1.29 is 18.0 Å². The maximum Gasteiger partial charge on any atom is 0.433 e. The number of rotatable bonds is 3. The molecule has 0 spiro atoms. The van der Waals surface area contributed by atoms with Crippen LogP contribution in [0.15, 0.2) is 36.4 Å². The van der Waals surface area contributed by atoms with Gasteiger partial charge in [-0.1, -0.05) is 19.1 Å². The molecule has 1 aromatic carbocycles. The SMILES string of the molecule is CCc1ccc(NC(=O)c2cc3nc(C)cc(C(F)(F)F)n3n2)cc1. The first-order valence-corrected chi connectivity index (χ1v) is 7.63. The van der Waals surface area contributed by atoms with Gasteiger partial charge in [0.25, 0.3) is 5.91 Å². The Morgan fingerprint density at radius 2 is 1.88 bits per heavy atom. The third-order valence-electron chi connectivity index (χ3n) is 3.70. The minimum absolute atomic E-state index is 0.0289. The standard InChI is InChI=1S/C17H15F3N4O/c1-3-11-4-6-12(7-5-11)22-16(25)13-9-15-21-10(2)8-14(17(18,19)20)24(15)23-13/h4-9H,3H2,1-2H3,(H,22,25). The fraction of sp³-hybridized carbons (Fsp3) is 0.235. The second kappa shape index (κ2) is 6.19. The predicted molar refractivity (Wildman–Crippen MR) is 86.5 cm³/mol. The highest BCUT2D eigenvalue weighted by Crippen LogP contribution is 2.29. The molecule has 0 fully saturated rings. The summed E-state index contributed by atoms with van der Waals surface area (Å²) in [6, 6.07) is 9.33. The largest absolute Gasteiger partial charge is 0.433 e. The first-order chi connectivity index (χ1) is 11.8. The number of amides is 1. The van der Waals surface area contributed by atoms with Crippen molar-refractivity contribution >= 4 is 17.2 Å². The van der Waals surface area contributed by atoms with Gasteiger partial charge in [0.1, 0.15) is 5.69 Å². The molecule has 8 heteroatoms. The van der Waals surface area contributed by atoms with Crippen LogP contribution >= 0.6 is 0 Å². The zero-order valence-corrected chi connectivity index (χ0v) is 13.6. The van der Waals surface area contributed by atoms with E-state index in [0.29, 0.717) is 10.2 Å². The van der Waals surface area contributed by atoms with Crippen LogP contribution in [0.5, 0.6) is 0 Å². The Labute approximate surface area is 141 Å². The molecule has 1 N–H and O–H groups in total. The number of anilines is 1. The van der Waals surface area contributed by atoms with Crippen LogP contribution in [0.25, 0.3) is 5.65 Å². The fourth-order valence-electron chi connectivity index (χ4n) is 2.43. The second-order valence-corrected chi connectivity index (χ2v) is 5.58. The van der Waals surface area contributed by atoms with E-state index in [4.69, 9.17) is 0 Å². The Hall–Kier alpha value is -2.90. The minimum atomic E-state index is -4.60. The lowest BCUT2D eigenvalue weighted by Gasteiger charge is -2.09. The van der Waals surface area contributed by atoms with Crippen molar-refractivity contribution in [2.24, 2.45) is 0 Å². The zero-order chi connectivity index (χ0) is 18.2. The van der Waals surface area contributed by atoms with Crippen molar-refractivity contribution in [3.05, 3.63) is 59.0 Å². The van der Waals surface area contributed by atoms with Crippen LogP contribution in [0.1, 0.15) is 34.4 Å². The minimum Gasteiger partial charge on any atom is -0.321 e. The molecule has 25 heavy (non-hydrogen) atoms. The molecule has 2 heterocycles. The Balaban J connectivity index is 1.94. The van der Waals surface area contributed by atoms with Crippen LogP contribution in [0.3, 0.4) is 0 Å². The average molecular weight is 348 g/mol. The number of aromatic nitrogens is 3. The molecule has 0 unspecified atom stereocenters. The summed E-state index contributed by atoms with van der Waals surface area (Å²) in [5.74, 6) is -0.597. The van der Waals surface area contributed by atoms with Gasteiger partial charge in [-0.3, -0.25) is 4.79 Å². The lowest BCUT2D eigenvalue weighted by molar-refractivity contribution is -0.142. The predicted octanol–water partition coefficient (Wildman–Crippen LogP) is 3.87. The van der Waals surface area contributed by atoms with E-state index in [1.54, 1.807) is 12.1 Å². The monoisotopic (exact) mass is 348 g/mol. The van der Waals surface area contributed by atoms with Gasteiger partial charge in [0.2, 0.25) is 0 Å². The first-order valence-electron chi connectivity index (χ1n) is 7.63. The summed E-state index contributed by atoms with van der Waals surface area (Å²) in [7, 11) is 0. The molecule has 0 saturated carbocycles. The molecule has 0 atom stereocenters. The van der Waals surface area contributed by atoms with Crippen molar-refractivity contribution in [3.63, 3.8) is 0 Å². The highest BCUT2D eigenvalue weighted by atomic mass is 19.4. The van der Waals surface area contributed by atoms with Crippen molar-refractivity contribution in [1.29, 1.82) is 0 Å². The Bertz CT molecular complexity index is 929. The molecule has 5 nitrogen and oxygen atoms in total. The van der Waals surface area contributed by atoms with Crippen LogP contribution < -0.4 is 5.32 Å². The van der Waals surface area contributed by atoms with E-state index in [0.717, 1.165) is 18.1 Å². The molecule has 0 aliphatic carbocycles. The Morgan fingerprint density at radius 1 is 1.20 bits per heavy atom. The number of carbonyl (C=O) groups excluding carboxylic acids is 1. The number of fused-ring (bicyclic) bond motifs is 1. The molecule has 0 aliphatic heterocycles. The summed E-state index contributed by atoms with van der Waals surface area (Å²) >= 11 is 0. The van der Waals surface area contributed by atoms with Crippen LogP contribution in [0.2, 0.25) is 0 Å². The topological polar surface area (TPSA) is 59.3 Å². The quantitative estimate of drug-likeness (QED) is 0.782. The number of alkyl halides is 3. The highest BCUT2D eigenvalue weighted by molar-refractivity contribution is 6.03. The number of nitrogens with one attached hydrogen (secondary N) is 1. The molecule has 0 saturated heterocycles. The number of hydrogen-bond acceptors (Lipinski definition) is 3. The number of aryl methyl sites for hydroxylation is 2. The normalized spacial score (nSPS) is 11.7. The number of carbonyl (C=O) groups is 1. The van der Waals surface area contributed by atoms with Crippen molar-refractivity contribution in [1.82, 2.24) is 14.6 Å². The van der Waals surface area contributed by atoms with Crippen molar-refractivity contribution in [3.8, 4) is 0 Å². The van der Waals surface area contributed by atoms with E-state index in [1.165, 1.54) is 13.0 Å². The molecule has 0 aliphatic rings. The van der Waals surface area contributed by atoms with Gasteiger partial charge >= 0.3 is 6.18 Å². The lowest BCUT2D eigenvalue weighted by atomic mass is 10.1. The second-order valence-electron chi connectivity index (χ2n) is 5.58. The van der Waals surface area contributed by atoms with Crippen molar-refractivity contribution in [2.75, 3.05) is 5.32 Å². The van der Waals surface area contributed by atoms with E-state index in [1.807, 2.05) is 19.1 Å². The van der Waals surface area contributed by atoms with Gasteiger partial charge in [0.15, 0.2) is 11.3 Å². The highest BCUT2D eigenvalue weighted by Gasteiger charge is 2.35. The molecular formula is C17H15F3N4O. The molecule has 0 radical (unpaired) electrons. The van der Waals surface area contributed by atoms with E-state index >= 15 is 0 Å². The van der Waals surface area contributed by atoms with E-state index < -0.39 is 17.8 Å². The van der Waals surface area contributed by atoms with Gasteiger partial charge in [-0.05, 0) is 37.1 Å². The number of halogens is 3. The molecule has 0 bridgehead atoms. The zero-order valence-electron chi connectivity index (χ0n) is 13.6. The van der Waals surface area contributed by atoms with Crippen molar-refractivity contribution in [2.45, 2.75) is 26.4 Å². The number of benzene rings is 1. The number of hydrogen-bond donors (Lipinski definition) is 1. The van der Waals surface area contributed by atoms with Gasteiger partial charge in [-0.25, -0.2) is 9.50 Å². The third-order valence-corrected chi connectivity index (χ3v) is 3.70. The molecule has 3 aromatic rings. The summed E-state index contributed by atoms with van der Waals surface area (Å²) in [5.41, 5.74) is 0.713. The summed E-state index contributed by atoms with van der Waals surface area (Å²) in [5, 5.41) is 6.39. The molecule has 2 aromatic heterocycles. The molecule has 3 rings (SSSR count). The Morgan fingerprint density at radius 3 is 2.48 bits per heavy atom. The van der Waals surface area contributed by atoms with Gasteiger partial charge in [-0.15, -0.1) is 0 Å². The Kier molecular flexibility index (Phi) is 4.20. The van der Waals surface area contributed by atoms with Gasteiger partial charge in [0.05, 0.1) is 0 Å². The summed E-state index contributed by atoms with van der Waals surface area (Å²) < 4.78 is 40.1. The smallest absolute Gasteiger partial charge is 0.321 e. The van der Waals surface area contributed by atoms with E-state index in [-0.39, 0.29) is 17.0 Å². The van der Waals surface area contributed by atoms with E-state index in [2.05, 4.69) is 15.4 Å². The molecule has 1 amide bonds. The maximum atomic E-state index is 13.1. The van der Waals surface area contributed by atoms with Gasteiger partial charge in [0, 0.05) is 17.4 Å². The molecular weight excluding hydrogens is 333 g/mol. The molecule has 130 valence electrons. The van der Waals surface area contributed by atoms with E-state index in [9.17, 15) is 18.0 Å². The lowest BCUT2D eigenvalue weighted by Crippen LogP contribution is -2.15. The third kappa shape index (κ3) is 3.47. The number of nitrogens with zero attached hydrogens (tertiary/aromatic N) is 3.